The van der Waals surface area contributed by atoms with Crippen molar-refractivity contribution >= 4 is 27.9 Å². The van der Waals surface area contributed by atoms with E-state index in [0.29, 0.717) is 0 Å². The Morgan fingerprint density at radius 3 is 1.43 bits per heavy atom. The highest BCUT2D eigenvalue weighted by Crippen LogP contribution is 2.34. The number of halogens is 1. The van der Waals surface area contributed by atoms with Gasteiger partial charge in [0.05, 0.1) is 11.1 Å². The summed E-state index contributed by atoms with van der Waals surface area (Å²) in [7, 11) is 0. The Bertz CT molecular complexity index is 1390. The molecular formula is C26H17BrO8. The molecule has 0 aromatic heterocycles. The standard InChI is InChI=1S/C26H17BrO8/c27-24-22(30)12-17(13-23(24)31)26(33)35-19-8-3-15(4-9-19)14-1-6-18(7-2-14)34-25(32)16-5-10-20(28)21(29)11-16/h1-13,28-31H. The average Bonchev–Trinajstić information content (AvgIpc) is 2.85. The Labute approximate surface area is 207 Å². The lowest BCUT2D eigenvalue weighted by Crippen LogP contribution is -2.08. The van der Waals surface area contributed by atoms with Crippen molar-refractivity contribution in [1.29, 1.82) is 0 Å². The molecule has 0 unspecified atom stereocenters. The third-order valence-corrected chi connectivity index (χ3v) is 5.76. The van der Waals surface area contributed by atoms with Crippen molar-refractivity contribution in [2.45, 2.75) is 0 Å². The van der Waals surface area contributed by atoms with Crippen molar-refractivity contribution < 1.29 is 39.5 Å². The quantitative estimate of drug-likeness (QED) is 0.152. The molecule has 0 aliphatic rings. The number of aromatic hydroxyl groups is 4. The van der Waals surface area contributed by atoms with Crippen molar-refractivity contribution in [3.63, 3.8) is 0 Å². The van der Waals surface area contributed by atoms with E-state index < -0.39 is 17.7 Å². The second kappa shape index (κ2) is 9.78. The molecule has 0 atom stereocenters. The highest BCUT2D eigenvalue weighted by Gasteiger charge is 2.15. The Hall–Kier alpha value is -4.50. The number of hydrogen-bond donors (Lipinski definition) is 4. The molecule has 4 rings (SSSR count). The minimum atomic E-state index is -0.746. The molecule has 4 aromatic carbocycles. The maximum atomic E-state index is 12.3. The number of esters is 2. The fraction of sp³-hybridized carbons (Fsp3) is 0. The summed E-state index contributed by atoms with van der Waals surface area (Å²) in [6.45, 7) is 0. The number of phenolic OH excluding ortho intramolecular Hbond substituents is 4. The zero-order chi connectivity index (χ0) is 25.1. The molecule has 9 heteroatoms. The summed E-state index contributed by atoms with van der Waals surface area (Å²) >= 11 is 3.00. The van der Waals surface area contributed by atoms with Crippen molar-refractivity contribution in [3.05, 3.63) is 94.5 Å². The summed E-state index contributed by atoms with van der Waals surface area (Å²) in [5.41, 5.74) is 1.70. The van der Waals surface area contributed by atoms with Crippen molar-refractivity contribution in [2.75, 3.05) is 0 Å². The molecule has 0 saturated heterocycles. The molecule has 0 bridgehead atoms. The number of rotatable bonds is 5. The summed E-state index contributed by atoms with van der Waals surface area (Å²) < 4.78 is 10.7. The molecule has 4 N–H and O–H groups in total. The number of carbonyl (C=O) groups excluding carboxylic acids is 2. The van der Waals surface area contributed by atoms with Crippen LogP contribution in [0, 0.1) is 0 Å². The second-order valence-electron chi connectivity index (χ2n) is 7.36. The van der Waals surface area contributed by atoms with Crippen LogP contribution in [0.4, 0.5) is 0 Å². The van der Waals surface area contributed by atoms with Gasteiger partial charge in [-0.15, -0.1) is 0 Å². The Balaban J connectivity index is 1.41. The second-order valence-corrected chi connectivity index (χ2v) is 8.15. The predicted molar refractivity (Wildman–Crippen MR) is 129 cm³/mol. The third-order valence-electron chi connectivity index (χ3n) is 4.94. The van der Waals surface area contributed by atoms with Crippen LogP contribution in [0.2, 0.25) is 0 Å². The SMILES string of the molecule is O=C(Oc1ccc(-c2ccc(OC(=O)c3cc(O)c(Br)c(O)c3)cc2)cc1)c1ccc(O)c(O)c1. The van der Waals surface area contributed by atoms with Gasteiger partial charge in [-0.05, 0) is 81.7 Å². The van der Waals surface area contributed by atoms with Crippen LogP contribution in [0.3, 0.4) is 0 Å². The topological polar surface area (TPSA) is 134 Å². The van der Waals surface area contributed by atoms with Gasteiger partial charge in [0.1, 0.15) is 27.5 Å². The summed E-state index contributed by atoms with van der Waals surface area (Å²) in [6, 6.07) is 19.4. The highest BCUT2D eigenvalue weighted by atomic mass is 79.9. The summed E-state index contributed by atoms with van der Waals surface area (Å²) in [4.78, 5) is 24.5. The largest absolute Gasteiger partial charge is 0.507 e. The van der Waals surface area contributed by atoms with Crippen LogP contribution in [0.5, 0.6) is 34.5 Å². The minimum absolute atomic E-state index is 0.0140. The van der Waals surface area contributed by atoms with E-state index in [0.717, 1.165) is 17.2 Å². The first-order valence-corrected chi connectivity index (χ1v) is 10.9. The molecule has 8 nitrogen and oxygen atoms in total. The van der Waals surface area contributed by atoms with Crippen LogP contribution in [0.1, 0.15) is 20.7 Å². The fourth-order valence-electron chi connectivity index (χ4n) is 3.13. The molecular weight excluding hydrogens is 520 g/mol. The lowest BCUT2D eigenvalue weighted by molar-refractivity contribution is 0.0724. The van der Waals surface area contributed by atoms with Gasteiger partial charge in [0.15, 0.2) is 11.5 Å². The van der Waals surface area contributed by atoms with Crippen molar-refractivity contribution in [1.82, 2.24) is 0 Å². The van der Waals surface area contributed by atoms with Gasteiger partial charge in [-0.2, -0.15) is 0 Å². The van der Waals surface area contributed by atoms with Gasteiger partial charge in [0.2, 0.25) is 0 Å². The van der Waals surface area contributed by atoms with Crippen LogP contribution >= 0.6 is 15.9 Å². The predicted octanol–water partition coefficient (Wildman–Crippen LogP) is 5.38. The first kappa shape index (κ1) is 23.7. The van der Waals surface area contributed by atoms with E-state index in [9.17, 15) is 30.0 Å². The molecule has 0 amide bonds. The Morgan fingerprint density at radius 2 is 0.971 bits per heavy atom. The van der Waals surface area contributed by atoms with Crippen molar-refractivity contribution in [2.24, 2.45) is 0 Å². The van der Waals surface area contributed by atoms with Gasteiger partial charge in [-0.1, -0.05) is 24.3 Å². The van der Waals surface area contributed by atoms with Gasteiger partial charge in [0.25, 0.3) is 0 Å². The summed E-state index contributed by atoms with van der Waals surface area (Å²) in [6.07, 6.45) is 0. The Kier molecular flexibility index (Phi) is 6.61. The van der Waals surface area contributed by atoms with Gasteiger partial charge in [-0.3, -0.25) is 0 Å². The van der Waals surface area contributed by atoms with Gasteiger partial charge in [-0.25, -0.2) is 9.59 Å². The minimum Gasteiger partial charge on any atom is -0.507 e. The molecule has 0 saturated carbocycles. The van der Waals surface area contributed by atoms with Crippen LogP contribution in [-0.2, 0) is 0 Å². The van der Waals surface area contributed by atoms with Crippen LogP contribution in [-0.4, -0.2) is 32.4 Å². The smallest absolute Gasteiger partial charge is 0.343 e. The van der Waals surface area contributed by atoms with Gasteiger partial charge >= 0.3 is 11.9 Å². The number of hydrogen-bond acceptors (Lipinski definition) is 8. The van der Waals surface area contributed by atoms with E-state index in [1.54, 1.807) is 48.5 Å². The highest BCUT2D eigenvalue weighted by molar-refractivity contribution is 9.10. The Morgan fingerprint density at radius 1 is 0.543 bits per heavy atom. The molecule has 0 spiro atoms. The molecule has 0 aliphatic carbocycles. The third kappa shape index (κ3) is 5.36. The normalized spacial score (nSPS) is 10.5. The van der Waals surface area contributed by atoms with Crippen molar-refractivity contribution in [3.8, 4) is 45.6 Å². The van der Waals surface area contributed by atoms with Crippen LogP contribution in [0.25, 0.3) is 11.1 Å². The van der Waals surface area contributed by atoms with Gasteiger partial charge < -0.3 is 29.9 Å². The number of phenols is 4. The van der Waals surface area contributed by atoms with Crippen LogP contribution < -0.4 is 9.47 Å². The number of ether oxygens (including phenoxy) is 2. The molecule has 35 heavy (non-hydrogen) atoms. The maximum absolute atomic E-state index is 12.3. The first-order chi connectivity index (χ1) is 16.7. The average molecular weight is 537 g/mol. The van der Waals surface area contributed by atoms with Crippen LogP contribution in [0.15, 0.2) is 83.3 Å². The molecule has 0 radical (unpaired) electrons. The monoisotopic (exact) mass is 536 g/mol. The number of carbonyl (C=O) groups is 2. The van der Waals surface area contributed by atoms with E-state index in [-0.39, 0.29) is 44.3 Å². The van der Waals surface area contributed by atoms with E-state index in [2.05, 4.69) is 15.9 Å². The number of benzene rings is 4. The molecule has 176 valence electrons. The molecule has 4 aromatic rings. The fourth-order valence-corrected chi connectivity index (χ4v) is 3.35. The molecule has 0 aliphatic heterocycles. The molecule has 0 heterocycles. The lowest BCUT2D eigenvalue weighted by atomic mass is 10.1. The van der Waals surface area contributed by atoms with E-state index in [1.165, 1.54) is 24.3 Å². The van der Waals surface area contributed by atoms with E-state index in [1.807, 2.05) is 0 Å². The summed E-state index contributed by atoms with van der Waals surface area (Å²) in [5, 5.41) is 38.4. The zero-order valence-corrected chi connectivity index (χ0v) is 19.4. The maximum Gasteiger partial charge on any atom is 0.343 e. The lowest BCUT2D eigenvalue weighted by Gasteiger charge is -2.09. The molecule has 0 fully saturated rings. The van der Waals surface area contributed by atoms with Gasteiger partial charge in [0, 0.05) is 0 Å². The summed E-state index contributed by atoms with van der Waals surface area (Å²) in [5.74, 6) is -2.21. The van der Waals surface area contributed by atoms with E-state index >= 15 is 0 Å². The first-order valence-electron chi connectivity index (χ1n) is 10.1. The van der Waals surface area contributed by atoms with E-state index in [4.69, 9.17) is 9.47 Å². The zero-order valence-electron chi connectivity index (χ0n) is 17.8.